The molecule has 2 aromatic rings. The van der Waals surface area contributed by atoms with E-state index < -0.39 is 11.7 Å². The lowest BCUT2D eigenvalue weighted by Crippen LogP contribution is -2.05. The molecule has 0 aliphatic rings. The molecule has 0 spiro atoms. The molecule has 2 aromatic carbocycles. The number of unbranched alkanes of at least 4 members (excludes halogenated alkanes) is 3. The summed E-state index contributed by atoms with van der Waals surface area (Å²) in [7, 11) is 0. The molecule has 0 aliphatic carbocycles. The van der Waals surface area contributed by atoms with Gasteiger partial charge < -0.3 is 0 Å². The summed E-state index contributed by atoms with van der Waals surface area (Å²) < 4.78 is 39.4. The summed E-state index contributed by atoms with van der Waals surface area (Å²) in [6, 6.07) is 13.7. The number of aryl methyl sites for hydroxylation is 1. The molecule has 0 amide bonds. The molecule has 2 rings (SSSR count). The first kappa shape index (κ1) is 22.9. The number of hydrogen-bond acceptors (Lipinski definition) is 1. The van der Waals surface area contributed by atoms with Crippen molar-refractivity contribution in [2.45, 2.75) is 65.5 Å². The first-order valence-electron chi connectivity index (χ1n) is 10.4. The average molecular weight is 402 g/mol. The van der Waals surface area contributed by atoms with Crippen molar-refractivity contribution in [2.24, 2.45) is 4.99 Å². The molecule has 0 radical (unpaired) electrons. The van der Waals surface area contributed by atoms with Crippen LogP contribution in [0.4, 0.5) is 13.2 Å². The van der Waals surface area contributed by atoms with Crippen LogP contribution in [-0.4, -0.2) is 5.71 Å². The van der Waals surface area contributed by atoms with Crippen LogP contribution >= 0.6 is 0 Å². The molecule has 0 N–H and O–H groups in total. The summed E-state index contributed by atoms with van der Waals surface area (Å²) in [6.45, 7) is 6.14. The van der Waals surface area contributed by atoms with Gasteiger partial charge in [0.1, 0.15) is 0 Å². The van der Waals surface area contributed by atoms with Crippen LogP contribution in [0, 0.1) is 0 Å². The Labute approximate surface area is 172 Å². The maximum Gasteiger partial charge on any atom is 0.416 e. The smallest absolute Gasteiger partial charge is 0.253 e. The first-order chi connectivity index (χ1) is 13.8. The largest absolute Gasteiger partial charge is 0.416 e. The number of alkyl halides is 3. The van der Waals surface area contributed by atoms with Gasteiger partial charge in [0.2, 0.25) is 0 Å². The second-order valence-corrected chi connectivity index (χ2v) is 7.31. The van der Waals surface area contributed by atoms with E-state index in [1.165, 1.54) is 30.5 Å². The van der Waals surface area contributed by atoms with Gasteiger partial charge in [-0.1, -0.05) is 69.5 Å². The standard InChI is InChI=1S/C25H30F3N/c1-4-6-8-11-20-12-9-13-21(17-20)19(3)29-24(16-7-5-2)22-14-10-15-23(18-22)25(26,27)28/h9-10,12-18H,4-8,11H2,1-3H3/b24-16-,29-19?. The summed E-state index contributed by atoms with van der Waals surface area (Å²) in [5.41, 5.74) is 3.51. The fraction of sp³-hybridized carbons (Fsp3) is 0.400. The molecule has 1 nitrogen and oxygen atoms in total. The van der Waals surface area contributed by atoms with Gasteiger partial charge in [0.25, 0.3) is 0 Å². The van der Waals surface area contributed by atoms with Crippen molar-refractivity contribution in [3.8, 4) is 0 Å². The zero-order valence-corrected chi connectivity index (χ0v) is 17.5. The monoisotopic (exact) mass is 401 g/mol. The van der Waals surface area contributed by atoms with Crippen LogP contribution in [0.3, 0.4) is 0 Å². The number of rotatable bonds is 9. The lowest BCUT2D eigenvalue weighted by molar-refractivity contribution is -0.137. The van der Waals surface area contributed by atoms with Crippen LogP contribution in [0.2, 0.25) is 0 Å². The minimum atomic E-state index is -4.36. The normalized spacial score (nSPS) is 13.0. The second-order valence-electron chi connectivity index (χ2n) is 7.31. The molecule has 0 saturated heterocycles. The van der Waals surface area contributed by atoms with Gasteiger partial charge in [-0.05, 0) is 55.5 Å². The molecular weight excluding hydrogens is 371 g/mol. The van der Waals surface area contributed by atoms with E-state index in [-0.39, 0.29) is 0 Å². The maximum absolute atomic E-state index is 13.1. The van der Waals surface area contributed by atoms with Gasteiger partial charge in [0, 0.05) is 11.3 Å². The molecule has 0 saturated carbocycles. The number of aliphatic imine (C=N–C) groups is 1. The molecule has 0 aromatic heterocycles. The molecule has 0 aliphatic heterocycles. The Balaban J connectivity index is 2.34. The van der Waals surface area contributed by atoms with Crippen LogP contribution in [0.5, 0.6) is 0 Å². The SMILES string of the molecule is CCC/C=C(\N=C(C)c1cccc(CCCCC)c1)c1cccc(C(F)(F)F)c1. The van der Waals surface area contributed by atoms with E-state index in [0.29, 0.717) is 11.3 Å². The number of hydrogen-bond donors (Lipinski definition) is 0. The number of nitrogens with zero attached hydrogens (tertiary/aromatic N) is 1. The zero-order valence-electron chi connectivity index (χ0n) is 17.5. The Morgan fingerprint density at radius 3 is 2.34 bits per heavy atom. The van der Waals surface area contributed by atoms with Crippen LogP contribution in [-0.2, 0) is 12.6 Å². The van der Waals surface area contributed by atoms with Crippen LogP contribution in [0.15, 0.2) is 59.6 Å². The Bertz CT molecular complexity index is 847. The fourth-order valence-electron chi connectivity index (χ4n) is 3.14. The van der Waals surface area contributed by atoms with E-state index in [1.807, 2.05) is 32.1 Å². The van der Waals surface area contributed by atoms with Gasteiger partial charge in [-0.2, -0.15) is 13.2 Å². The van der Waals surface area contributed by atoms with Gasteiger partial charge in [-0.15, -0.1) is 0 Å². The van der Waals surface area contributed by atoms with Crippen LogP contribution in [0.25, 0.3) is 5.70 Å². The average Bonchev–Trinajstić information content (AvgIpc) is 2.71. The van der Waals surface area contributed by atoms with E-state index >= 15 is 0 Å². The van der Waals surface area contributed by atoms with Crippen molar-refractivity contribution >= 4 is 11.4 Å². The summed E-state index contributed by atoms with van der Waals surface area (Å²) in [5.74, 6) is 0. The van der Waals surface area contributed by atoms with Gasteiger partial charge in [-0.25, -0.2) is 0 Å². The molecule has 0 atom stereocenters. The Morgan fingerprint density at radius 2 is 1.66 bits per heavy atom. The summed E-state index contributed by atoms with van der Waals surface area (Å²) in [6.07, 6.45) is 3.80. The van der Waals surface area contributed by atoms with Crippen molar-refractivity contribution in [1.29, 1.82) is 0 Å². The van der Waals surface area contributed by atoms with Gasteiger partial charge in [0.05, 0.1) is 11.3 Å². The Morgan fingerprint density at radius 1 is 0.931 bits per heavy atom. The summed E-state index contributed by atoms with van der Waals surface area (Å²) >= 11 is 0. The third-order valence-electron chi connectivity index (χ3n) is 4.81. The van der Waals surface area contributed by atoms with Crippen LogP contribution in [0.1, 0.15) is 75.1 Å². The highest BCUT2D eigenvalue weighted by Gasteiger charge is 2.30. The number of benzene rings is 2. The van der Waals surface area contributed by atoms with Crippen molar-refractivity contribution < 1.29 is 13.2 Å². The molecule has 0 fully saturated rings. The molecular formula is C25H30F3N. The Hall–Kier alpha value is -2.36. The van der Waals surface area contributed by atoms with E-state index in [1.54, 1.807) is 6.07 Å². The lowest BCUT2D eigenvalue weighted by Gasteiger charge is -2.11. The minimum absolute atomic E-state index is 0.492. The van der Waals surface area contributed by atoms with E-state index in [0.717, 1.165) is 43.0 Å². The maximum atomic E-state index is 13.1. The van der Waals surface area contributed by atoms with Crippen molar-refractivity contribution in [3.63, 3.8) is 0 Å². The highest BCUT2D eigenvalue weighted by Crippen LogP contribution is 2.31. The minimum Gasteiger partial charge on any atom is -0.253 e. The highest BCUT2D eigenvalue weighted by molar-refractivity contribution is 6.01. The quantitative estimate of drug-likeness (QED) is 0.297. The topological polar surface area (TPSA) is 12.4 Å². The zero-order chi connectivity index (χ0) is 21.3. The molecule has 4 heteroatoms. The van der Waals surface area contributed by atoms with Gasteiger partial charge >= 0.3 is 6.18 Å². The first-order valence-corrected chi connectivity index (χ1v) is 10.4. The number of halogens is 3. The van der Waals surface area contributed by atoms with E-state index in [2.05, 4.69) is 19.1 Å². The van der Waals surface area contributed by atoms with Crippen molar-refractivity contribution in [3.05, 3.63) is 76.9 Å². The summed E-state index contributed by atoms with van der Waals surface area (Å²) in [4.78, 5) is 4.73. The molecule has 0 heterocycles. The van der Waals surface area contributed by atoms with Crippen molar-refractivity contribution in [2.75, 3.05) is 0 Å². The summed E-state index contributed by atoms with van der Waals surface area (Å²) in [5, 5.41) is 0. The van der Waals surface area contributed by atoms with Crippen molar-refractivity contribution in [1.82, 2.24) is 0 Å². The predicted octanol–water partition coefficient (Wildman–Crippen LogP) is 8.09. The van der Waals surface area contributed by atoms with Gasteiger partial charge in [-0.3, -0.25) is 4.99 Å². The highest BCUT2D eigenvalue weighted by atomic mass is 19.4. The molecule has 156 valence electrons. The van der Waals surface area contributed by atoms with E-state index in [4.69, 9.17) is 4.99 Å². The molecule has 29 heavy (non-hydrogen) atoms. The second kappa shape index (κ2) is 11.0. The Kier molecular flexibility index (Phi) is 8.69. The van der Waals surface area contributed by atoms with Gasteiger partial charge in [0.15, 0.2) is 0 Å². The third kappa shape index (κ3) is 7.19. The lowest BCUT2D eigenvalue weighted by atomic mass is 10.0. The predicted molar refractivity (Wildman–Crippen MR) is 116 cm³/mol. The molecule has 0 unspecified atom stereocenters. The third-order valence-corrected chi connectivity index (χ3v) is 4.81. The fourth-order valence-corrected chi connectivity index (χ4v) is 3.14. The molecule has 0 bridgehead atoms. The van der Waals surface area contributed by atoms with Crippen LogP contribution < -0.4 is 0 Å². The number of allylic oxidation sites excluding steroid dienone is 1. The van der Waals surface area contributed by atoms with E-state index in [9.17, 15) is 13.2 Å².